The Kier molecular flexibility index (Phi) is 4.90. The van der Waals surface area contributed by atoms with Crippen molar-refractivity contribution in [1.29, 1.82) is 0 Å². The minimum atomic E-state index is -0.579. The highest BCUT2D eigenvalue weighted by atomic mass is 16.6. The summed E-state index contributed by atoms with van der Waals surface area (Å²) in [6.45, 7) is 4.53. The van der Waals surface area contributed by atoms with Crippen molar-refractivity contribution in [1.82, 2.24) is 5.06 Å². The molecule has 0 radical (unpaired) electrons. The van der Waals surface area contributed by atoms with E-state index < -0.39 is 17.9 Å². The first-order valence-corrected chi connectivity index (χ1v) is 7.06. The van der Waals surface area contributed by atoms with E-state index in [9.17, 15) is 14.8 Å². The summed E-state index contributed by atoms with van der Waals surface area (Å²) in [4.78, 5) is 22.5. The molecule has 0 saturated carbocycles. The third-order valence-electron chi connectivity index (χ3n) is 3.58. The summed E-state index contributed by atoms with van der Waals surface area (Å²) < 4.78 is 15.5. The van der Waals surface area contributed by atoms with Crippen molar-refractivity contribution in [3.05, 3.63) is 29.5 Å². The van der Waals surface area contributed by atoms with Gasteiger partial charge in [0.1, 0.15) is 17.1 Å². The van der Waals surface area contributed by atoms with Crippen LogP contribution in [0, 0.1) is 6.92 Å². The molecule has 0 saturated heterocycles. The lowest BCUT2D eigenvalue weighted by molar-refractivity contribution is -0.172. The van der Waals surface area contributed by atoms with E-state index in [2.05, 4.69) is 4.74 Å². The summed E-state index contributed by atoms with van der Waals surface area (Å²) in [6, 6.07) is 4.50. The Morgan fingerprint density at radius 2 is 2.09 bits per heavy atom. The number of ether oxygens (including phenoxy) is 2. The van der Waals surface area contributed by atoms with Gasteiger partial charge in [0.05, 0.1) is 13.2 Å². The van der Waals surface area contributed by atoms with Crippen molar-refractivity contribution in [3.63, 3.8) is 0 Å². The molecule has 0 aliphatic carbocycles. The van der Waals surface area contributed by atoms with Crippen LogP contribution in [0.3, 0.4) is 0 Å². The molecule has 1 amide bonds. The minimum absolute atomic E-state index is 0.205. The average molecular weight is 321 g/mol. The predicted molar refractivity (Wildman–Crippen MR) is 81.2 cm³/mol. The number of hydroxylamine groups is 2. The molecular weight excluding hydrogens is 302 g/mol. The number of hydrogen-bond acceptors (Lipinski definition) is 6. The quantitative estimate of drug-likeness (QED) is 0.517. The van der Waals surface area contributed by atoms with Gasteiger partial charge in [0.25, 0.3) is 0 Å². The van der Waals surface area contributed by atoms with Crippen LogP contribution in [0.5, 0.6) is 5.75 Å². The van der Waals surface area contributed by atoms with E-state index in [-0.39, 0.29) is 6.61 Å². The molecule has 7 heteroatoms. The van der Waals surface area contributed by atoms with E-state index in [1.807, 2.05) is 0 Å². The predicted octanol–water partition coefficient (Wildman–Crippen LogP) is 2.59. The standard InChI is InChI=1S/C16H19NO6/c1-9(17(20)11(3)18)16-10(2)23-14-6-5-12(7-13(14)16)22-8-15(19)21-4/h5-7,9,20H,8H2,1-4H3. The van der Waals surface area contributed by atoms with Gasteiger partial charge in [-0.15, -0.1) is 0 Å². The van der Waals surface area contributed by atoms with Gasteiger partial charge < -0.3 is 13.9 Å². The van der Waals surface area contributed by atoms with Crippen LogP contribution in [-0.2, 0) is 14.3 Å². The Labute approximate surface area is 133 Å². The zero-order chi connectivity index (χ0) is 17.1. The van der Waals surface area contributed by atoms with Gasteiger partial charge in [-0.3, -0.25) is 10.0 Å². The minimum Gasteiger partial charge on any atom is -0.482 e. The smallest absolute Gasteiger partial charge is 0.343 e. The molecule has 0 aliphatic rings. The maximum absolute atomic E-state index is 11.4. The second-order valence-electron chi connectivity index (χ2n) is 5.13. The summed E-state index contributed by atoms with van der Waals surface area (Å²) in [5.41, 5.74) is 1.29. The van der Waals surface area contributed by atoms with Crippen molar-refractivity contribution < 1.29 is 28.7 Å². The van der Waals surface area contributed by atoms with E-state index in [0.717, 1.165) is 0 Å². The number of methoxy groups -OCH3 is 1. The summed E-state index contributed by atoms with van der Waals surface area (Å²) in [7, 11) is 1.28. The first-order chi connectivity index (χ1) is 10.8. The van der Waals surface area contributed by atoms with Gasteiger partial charge in [0.2, 0.25) is 5.91 Å². The van der Waals surface area contributed by atoms with Crippen molar-refractivity contribution in [2.75, 3.05) is 13.7 Å². The molecule has 0 aliphatic heterocycles. The number of aryl methyl sites for hydroxylation is 1. The Morgan fingerprint density at radius 3 is 2.70 bits per heavy atom. The van der Waals surface area contributed by atoms with Crippen molar-refractivity contribution >= 4 is 22.8 Å². The highest BCUT2D eigenvalue weighted by molar-refractivity contribution is 5.85. The first kappa shape index (κ1) is 16.8. The van der Waals surface area contributed by atoms with Gasteiger partial charge in [-0.25, -0.2) is 9.86 Å². The molecule has 124 valence electrons. The van der Waals surface area contributed by atoms with E-state index in [1.165, 1.54) is 14.0 Å². The highest BCUT2D eigenvalue weighted by Crippen LogP contribution is 2.35. The summed E-state index contributed by atoms with van der Waals surface area (Å²) in [5.74, 6) is 0.104. The largest absolute Gasteiger partial charge is 0.482 e. The summed E-state index contributed by atoms with van der Waals surface area (Å²) in [6.07, 6.45) is 0. The topological polar surface area (TPSA) is 89.2 Å². The van der Waals surface area contributed by atoms with Crippen LogP contribution in [0.1, 0.15) is 31.2 Å². The molecule has 1 atom stereocenters. The van der Waals surface area contributed by atoms with Crippen LogP contribution in [0.15, 0.2) is 22.6 Å². The molecule has 1 aromatic carbocycles. The van der Waals surface area contributed by atoms with E-state index in [4.69, 9.17) is 9.15 Å². The fourth-order valence-electron chi connectivity index (χ4n) is 2.42. The Balaban J connectivity index is 2.38. The number of hydrogen-bond donors (Lipinski definition) is 1. The number of carbonyl (C=O) groups is 2. The first-order valence-electron chi connectivity index (χ1n) is 7.06. The van der Waals surface area contributed by atoms with Gasteiger partial charge in [0, 0.05) is 17.9 Å². The van der Waals surface area contributed by atoms with Gasteiger partial charge in [-0.05, 0) is 32.0 Å². The molecular formula is C16H19NO6. The van der Waals surface area contributed by atoms with Crippen molar-refractivity contribution in [3.8, 4) is 5.75 Å². The zero-order valence-corrected chi connectivity index (χ0v) is 13.5. The van der Waals surface area contributed by atoms with Crippen molar-refractivity contribution in [2.45, 2.75) is 26.8 Å². The van der Waals surface area contributed by atoms with Crippen LogP contribution >= 0.6 is 0 Å². The number of esters is 1. The van der Waals surface area contributed by atoms with Crippen LogP contribution in [-0.4, -0.2) is 35.9 Å². The Morgan fingerprint density at radius 1 is 1.39 bits per heavy atom. The Hall–Kier alpha value is -2.54. The molecule has 2 rings (SSSR count). The molecule has 0 bridgehead atoms. The average Bonchev–Trinajstić information content (AvgIpc) is 2.85. The summed E-state index contributed by atoms with van der Waals surface area (Å²) in [5, 5.41) is 11.2. The van der Waals surface area contributed by atoms with Crippen LogP contribution < -0.4 is 4.74 Å². The van der Waals surface area contributed by atoms with Crippen LogP contribution in [0.2, 0.25) is 0 Å². The van der Waals surface area contributed by atoms with Gasteiger partial charge in [-0.1, -0.05) is 0 Å². The molecule has 0 spiro atoms. The molecule has 1 unspecified atom stereocenters. The third-order valence-corrected chi connectivity index (χ3v) is 3.58. The van der Waals surface area contributed by atoms with E-state index in [0.29, 0.717) is 33.1 Å². The molecule has 1 aromatic heterocycles. The van der Waals surface area contributed by atoms with Crippen LogP contribution in [0.4, 0.5) is 0 Å². The maximum atomic E-state index is 11.4. The lowest BCUT2D eigenvalue weighted by Crippen LogP contribution is -2.28. The molecule has 23 heavy (non-hydrogen) atoms. The highest BCUT2D eigenvalue weighted by Gasteiger charge is 2.24. The fourth-order valence-corrected chi connectivity index (χ4v) is 2.42. The molecule has 1 N–H and O–H groups in total. The molecule has 0 fully saturated rings. The zero-order valence-electron chi connectivity index (χ0n) is 13.5. The lowest BCUT2D eigenvalue weighted by Gasteiger charge is -2.21. The van der Waals surface area contributed by atoms with Crippen molar-refractivity contribution in [2.24, 2.45) is 0 Å². The maximum Gasteiger partial charge on any atom is 0.343 e. The second-order valence-corrected chi connectivity index (χ2v) is 5.13. The summed E-state index contributed by atoms with van der Waals surface area (Å²) >= 11 is 0. The molecule has 7 nitrogen and oxygen atoms in total. The number of rotatable bonds is 5. The lowest BCUT2D eigenvalue weighted by atomic mass is 10.0. The number of benzene rings is 1. The molecule has 1 heterocycles. The van der Waals surface area contributed by atoms with E-state index in [1.54, 1.807) is 32.0 Å². The fraction of sp³-hybridized carbons (Fsp3) is 0.375. The number of amides is 1. The third kappa shape index (κ3) is 3.45. The second kappa shape index (κ2) is 6.70. The number of nitrogens with zero attached hydrogens (tertiary/aromatic N) is 1. The number of carbonyl (C=O) groups excluding carboxylic acids is 2. The monoisotopic (exact) mass is 321 g/mol. The van der Waals surface area contributed by atoms with Crippen LogP contribution in [0.25, 0.3) is 11.0 Å². The van der Waals surface area contributed by atoms with E-state index >= 15 is 0 Å². The van der Waals surface area contributed by atoms with Gasteiger partial charge in [0.15, 0.2) is 6.61 Å². The SMILES string of the molecule is COC(=O)COc1ccc2oc(C)c(C(C)N(O)C(C)=O)c2c1. The normalized spacial score (nSPS) is 12.0. The van der Waals surface area contributed by atoms with Gasteiger partial charge in [-0.2, -0.15) is 0 Å². The Bertz CT molecular complexity index is 735. The molecule has 2 aromatic rings. The van der Waals surface area contributed by atoms with Gasteiger partial charge >= 0.3 is 5.97 Å². The number of furan rings is 1. The number of fused-ring (bicyclic) bond motifs is 1.